The Morgan fingerprint density at radius 3 is 2.63 bits per heavy atom. The molecule has 0 aliphatic heterocycles. The van der Waals surface area contributed by atoms with Crippen molar-refractivity contribution in [1.82, 2.24) is 9.97 Å². The van der Waals surface area contributed by atoms with Gasteiger partial charge in [0.1, 0.15) is 11.5 Å². The van der Waals surface area contributed by atoms with Crippen molar-refractivity contribution < 1.29 is 4.79 Å². The van der Waals surface area contributed by atoms with E-state index < -0.39 is 0 Å². The minimum atomic E-state index is -0.182. The Morgan fingerprint density at radius 1 is 1.21 bits per heavy atom. The van der Waals surface area contributed by atoms with Crippen molar-refractivity contribution in [1.29, 1.82) is 0 Å². The SMILES string of the molecule is Cc1cc(C(=O)Nc2ccccc2)nc(C2CC2)n1. The van der Waals surface area contributed by atoms with Crippen LogP contribution in [0.15, 0.2) is 36.4 Å². The number of amides is 1. The molecule has 0 unspecified atom stereocenters. The maximum Gasteiger partial charge on any atom is 0.274 e. The lowest BCUT2D eigenvalue weighted by molar-refractivity contribution is 0.102. The molecule has 1 aliphatic carbocycles. The normalized spacial score (nSPS) is 14.2. The number of nitrogens with zero attached hydrogens (tertiary/aromatic N) is 2. The van der Waals surface area contributed by atoms with Gasteiger partial charge in [0.05, 0.1) is 0 Å². The summed E-state index contributed by atoms with van der Waals surface area (Å²) in [4.78, 5) is 20.9. The molecule has 1 amide bonds. The average molecular weight is 253 g/mol. The van der Waals surface area contributed by atoms with Gasteiger partial charge in [-0.05, 0) is 38.0 Å². The van der Waals surface area contributed by atoms with Gasteiger partial charge in [0.15, 0.2) is 0 Å². The standard InChI is InChI=1S/C15H15N3O/c1-10-9-13(18-14(16-10)11-7-8-11)15(19)17-12-5-3-2-4-6-12/h2-6,9,11H,7-8H2,1H3,(H,17,19). The number of hydrogen-bond donors (Lipinski definition) is 1. The average Bonchev–Trinajstić information content (AvgIpc) is 3.23. The maximum atomic E-state index is 12.2. The molecular weight excluding hydrogens is 238 g/mol. The van der Waals surface area contributed by atoms with Gasteiger partial charge in [-0.2, -0.15) is 0 Å². The van der Waals surface area contributed by atoms with E-state index in [-0.39, 0.29) is 5.91 Å². The zero-order valence-corrected chi connectivity index (χ0v) is 10.8. The summed E-state index contributed by atoms with van der Waals surface area (Å²) in [7, 11) is 0. The van der Waals surface area contributed by atoms with Crippen molar-refractivity contribution in [2.45, 2.75) is 25.7 Å². The zero-order valence-electron chi connectivity index (χ0n) is 10.8. The van der Waals surface area contributed by atoms with E-state index in [1.54, 1.807) is 6.07 Å². The van der Waals surface area contributed by atoms with E-state index in [1.165, 1.54) is 0 Å². The van der Waals surface area contributed by atoms with Gasteiger partial charge in [-0.1, -0.05) is 18.2 Å². The fourth-order valence-corrected chi connectivity index (χ4v) is 1.95. The second-order valence-electron chi connectivity index (χ2n) is 4.85. The summed E-state index contributed by atoms with van der Waals surface area (Å²) in [6.07, 6.45) is 2.26. The van der Waals surface area contributed by atoms with Crippen molar-refractivity contribution in [3.63, 3.8) is 0 Å². The Bertz CT molecular complexity index is 606. The van der Waals surface area contributed by atoms with Gasteiger partial charge in [-0.25, -0.2) is 9.97 Å². The number of rotatable bonds is 3. The number of hydrogen-bond acceptors (Lipinski definition) is 3. The first-order valence-electron chi connectivity index (χ1n) is 6.44. The van der Waals surface area contributed by atoms with Crippen molar-refractivity contribution in [2.75, 3.05) is 5.32 Å². The maximum absolute atomic E-state index is 12.2. The molecule has 1 aliphatic rings. The molecular formula is C15H15N3O. The molecule has 4 heteroatoms. The van der Waals surface area contributed by atoms with Crippen molar-refractivity contribution >= 4 is 11.6 Å². The lowest BCUT2D eigenvalue weighted by Gasteiger charge is -2.06. The molecule has 0 bridgehead atoms. The van der Waals surface area contributed by atoms with Crippen molar-refractivity contribution in [2.24, 2.45) is 0 Å². The molecule has 0 spiro atoms. The van der Waals surface area contributed by atoms with Crippen LogP contribution >= 0.6 is 0 Å². The lowest BCUT2D eigenvalue weighted by atomic mass is 10.2. The van der Waals surface area contributed by atoms with E-state index in [4.69, 9.17) is 0 Å². The predicted molar refractivity (Wildman–Crippen MR) is 73.1 cm³/mol. The summed E-state index contributed by atoms with van der Waals surface area (Å²) in [5.74, 6) is 1.07. The fraction of sp³-hybridized carbons (Fsp3) is 0.267. The molecule has 1 aromatic heterocycles. The van der Waals surface area contributed by atoms with Gasteiger partial charge in [-0.3, -0.25) is 4.79 Å². The third-order valence-electron chi connectivity index (χ3n) is 3.08. The first kappa shape index (κ1) is 11.8. The molecule has 2 aromatic rings. The zero-order chi connectivity index (χ0) is 13.2. The van der Waals surface area contributed by atoms with Gasteiger partial charge < -0.3 is 5.32 Å². The lowest BCUT2D eigenvalue weighted by Crippen LogP contribution is -2.15. The minimum absolute atomic E-state index is 0.182. The van der Waals surface area contributed by atoms with Crippen LogP contribution in [0.25, 0.3) is 0 Å². The molecule has 0 radical (unpaired) electrons. The minimum Gasteiger partial charge on any atom is -0.321 e. The Labute approximate surface area is 111 Å². The smallest absolute Gasteiger partial charge is 0.274 e. The van der Waals surface area contributed by atoms with Crippen LogP contribution in [0.2, 0.25) is 0 Å². The number of nitrogens with one attached hydrogen (secondary N) is 1. The monoisotopic (exact) mass is 253 g/mol. The molecule has 4 nitrogen and oxygen atoms in total. The Balaban J connectivity index is 1.83. The molecule has 1 N–H and O–H groups in total. The molecule has 1 saturated carbocycles. The van der Waals surface area contributed by atoms with Crippen LogP contribution in [-0.4, -0.2) is 15.9 Å². The summed E-state index contributed by atoms with van der Waals surface area (Å²) in [5, 5.41) is 2.84. The number of benzene rings is 1. The molecule has 1 fully saturated rings. The second kappa shape index (κ2) is 4.80. The molecule has 1 heterocycles. The van der Waals surface area contributed by atoms with Crippen LogP contribution in [-0.2, 0) is 0 Å². The summed E-state index contributed by atoms with van der Waals surface area (Å²) < 4.78 is 0. The fourth-order valence-electron chi connectivity index (χ4n) is 1.95. The van der Waals surface area contributed by atoms with Gasteiger partial charge >= 0.3 is 0 Å². The van der Waals surface area contributed by atoms with E-state index in [0.717, 1.165) is 30.0 Å². The predicted octanol–water partition coefficient (Wildman–Crippen LogP) is 2.91. The van der Waals surface area contributed by atoms with E-state index in [9.17, 15) is 4.79 Å². The summed E-state index contributed by atoms with van der Waals surface area (Å²) in [6, 6.07) is 11.1. The number of carbonyl (C=O) groups excluding carboxylic acids is 1. The number of aromatic nitrogens is 2. The summed E-state index contributed by atoms with van der Waals surface area (Å²) >= 11 is 0. The summed E-state index contributed by atoms with van der Waals surface area (Å²) in [5.41, 5.74) is 2.06. The third kappa shape index (κ3) is 2.78. The Kier molecular flexibility index (Phi) is 2.99. The highest BCUT2D eigenvalue weighted by Crippen LogP contribution is 2.38. The van der Waals surface area contributed by atoms with Crippen molar-refractivity contribution in [3.05, 3.63) is 53.6 Å². The topological polar surface area (TPSA) is 54.9 Å². The Morgan fingerprint density at radius 2 is 1.95 bits per heavy atom. The number of anilines is 1. The highest BCUT2D eigenvalue weighted by atomic mass is 16.1. The third-order valence-corrected chi connectivity index (χ3v) is 3.08. The quantitative estimate of drug-likeness (QED) is 0.915. The highest BCUT2D eigenvalue weighted by Gasteiger charge is 2.27. The number of para-hydroxylation sites is 1. The van der Waals surface area contributed by atoms with Crippen LogP contribution in [0, 0.1) is 6.92 Å². The summed E-state index contributed by atoms with van der Waals surface area (Å²) in [6.45, 7) is 1.90. The van der Waals surface area contributed by atoms with Gasteiger partial charge in [-0.15, -0.1) is 0 Å². The van der Waals surface area contributed by atoms with Crippen LogP contribution in [0.1, 0.15) is 40.8 Å². The number of carbonyl (C=O) groups is 1. The Hall–Kier alpha value is -2.23. The highest BCUT2D eigenvalue weighted by molar-refractivity contribution is 6.02. The molecule has 96 valence electrons. The van der Waals surface area contributed by atoms with Crippen molar-refractivity contribution in [3.8, 4) is 0 Å². The van der Waals surface area contributed by atoms with Gasteiger partial charge in [0.2, 0.25) is 0 Å². The number of aryl methyl sites for hydroxylation is 1. The first-order valence-corrected chi connectivity index (χ1v) is 6.44. The molecule has 0 atom stereocenters. The van der Waals surface area contributed by atoms with E-state index in [2.05, 4.69) is 15.3 Å². The van der Waals surface area contributed by atoms with E-state index >= 15 is 0 Å². The van der Waals surface area contributed by atoms with Gasteiger partial charge in [0, 0.05) is 17.3 Å². The molecule has 3 rings (SSSR count). The van der Waals surface area contributed by atoms with Gasteiger partial charge in [0.25, 0.3) is 5.91 Å². The first-order chi connectivity index (χ1) is 9.22. The van der Waals surface area contributed by atoms with Crippen LogP contribution in [0.4, 0.5) is 5.69 Å². The molecule has 1 aromatic carbocycles. The van der Waals surface area contributed by atoms with Crippen LogP contribution < -0.4 is 5.32 Å². The van der Waals surface area contributed by atoms with E-state index in [1.807, 2.05) is 37.3 Å². The molecule has 19 heavy (non-hydrogen) atoms. The largest absolute Gasteiger partial charge is 0.321 e. The van der Waals surface area contributed by atoms with Crippen LogP contribution in [0.3, 0.4) is 0 Å². The molecule has 0 saturated heterocycles. The van der Waals surface area contributed by atoms with Crippen LogP contribution in [0.5, 0.6) is 0 Å². The second-order valence-corrected chi connectivity index (χ2v) is 4.85. The van der Waals surface area contributed by atoms with E-state index in [0.29, 0.717) is 11.6 Å².